The molecular formula is C10H10F3NO3. The van der Waals surface area contributed by atoms with E-state index >= 15 is 0 Å². The van der Waals surface area contributed by atoms with Gasteiger partial charge in [0.25, 0.3) is 6.43 Å². The minimum atomic E-state index is -2.98. The lowest BCUT2D eigenvalue weighted by atomic mass is 10.1. The maximum absolute atomic E-state index is 13.3. The van der Waals surface area contributed by atoms with Gasteiger partial charge < -0.3 is 15.5 Å². The molecule has 1 atom stereocenters. The summed E-state index contributed by atoms with van der Waals surface area (Å²) >= 11 is 0. The van der Waals surface area contributed by atoms with Gasteiger partial charge in [-0.3, -0.25) is 0 Å². The number of para-hydroxylation sites is 1. The van der Waals surface area contributed by atoms with Crippen LogP contribution in [0.5, 0.6) is 0 Å². The second-order valence-corrected chi connectivity index (χ2v) is 3.25. The smallest absolute Gasteiger partial charge is 0.337 e. The first-order valence-corrected chi connectivity index (χ1v) is 4.65. The quantitative estimate of drug-likeness (QED) is 0.740. The highest BCUT2D eigenvalue weighted by atomic mass is 19.3. The lowest BCUT2D eigenvalue weighted by molar-refractivity contribution is 0.00380. The first-order valence-electron chi connectivity index (χ1n) is 4.65. The highest BCUT2D eigenvalue weighted by Crippen LogP contribution is 2.20. The van der Waals surface area contributed by atoms with E-state index < -0.39 is 36.5 Å². The zero-order chi connectivity index (χ0) is 13.0. The van der Waals surface area contributed by atoms with Crippen molar-refractivity contribution in [2.45, 2.75) is 12.5 Å². The predicted octanol–water partition coefficient (Wildman–Crippen LogP) is 1.56. The highest BCUT2D eigenvalue weighted by Gasteiger charge is 2.19. The van der Waals surface area contributed by atoms with Crippen molar-refractivity contribution in [2.75, 3.05) is 11.9 Å². The van der Waals surface area contributed by atoms with E-state index in [1.165, 1.54) is 6.07 Å². The Bertz CT molecular complexity index is 412. The molecule has 0 saturated heterocycles. The first kappa shape index (κ1) is 13.3. The molecule has 17 heavy (non-hydrogen) atoms. The van der Waals surface area contributed by atoms with Gasteiger partial charge in [-0.2, -0.15) is 0 Å². The molecule has 3 N–H and O–H groups in total. The van der Waals surface area contributed by atoms with Crippen molar-refractivity contribution in [3.63, 3.8) is 0 Å². The van der Waals surface area contributed by atoms with E-state index in [0.29, 0.717) is 0 Å². The summed E-state index contributed by atoms with van der Waals surface area (Å²) in [6.07, 6.45) is -4.97. The van der Waals surface area contributed by atoms with Crippen LogP contribution in [-0.4, -0.2) is 35.3 Å². The van der Waals surface area contributed by atoms with Crippen LogP contribution in [0.15, 0.2) is 18.2 Å². The molecule has 1 aromatic rings. The van der Waals surface area contributed by atoms with Crippen molar-refractivity contribution in [3.8, 4) is 0 Å². The molecule has 0 aliphatic rings. The topological polar surface area (TPSA) is 69.6 Å². The van der Waals surface area contributed by atoms with Crippen LogP contribution < -0.4 is 5.32 Å². The number of hydrogen-bond donors (Lipinski definition) is 3. The summed E-state index contributed by atoms with van der Waals surface area (Å²) in [4.78, 5) is 10.7. The van der Waals surface area contributed by atoms with Crippen LogP contribution in [0.25, 0.3) is 0 Å². The number of aliphatic hydroxyl groups is 1. The molecule has 0 spiro atoms. The minimum absolute atomic E-state index is 0.383. The molecule has 0 fully saturated rings. The number of alkyl halides is 2. The molecule has 0 aromatic heterocycles. The van der Waals surface area contributed by atoms with E-state index in [9.17, 15) is 18.0 Å². The monoisotopic (exact) mass is 249 g/mol. The Balaban J connectivity index is 2.86. The van der Waals surface area contributed by atoms with E-state index in [1.54, 1.807) is 0 Å². The molecule has 1 unspecified atom stereocenters. The summed E-state index contributed by atoms with van der Waals surface area (Å²) in [6, 6.07) is 3.31. The van der Waals surface area contributed by atoms with Gasteiger partial charge in [-0.15, -0.1) is 0 Å². The number of halogens is 3. The number of carboxylic acid groups (broad SMARTS) is 1. The molecule has 1 aromatic carbocycles. The number of aromatic carboxylic acids is 1. The number of carbonyl (C=O) groups is 1. The van der Waals surface area contributed by atoms with Crippen LogP contribution >= 0.6 is 0 Å². The lowest BCUT2D eigenvalue weighted by Gasteiger charge is -2.14. The number of rotatable bonds is 5. The van der Waals surface area contributed by atoms with Gasteiger partial charge in [0.1, 0.15) is 11.9 Å². The Labute approximate surface area is 94.7 Å². The summed E-state index contributed by atoms with van der Waals surface area (Å²) in [6.45, 7) is -0.640. The molecule has 0 bridgehead atoms. The number of hydrogen-bond acceptors (Lipinski definition) is 3. The third-order valence-corrected chi connectivity index (χ3v) is 2.02. The zero-order valence-electron chi connectivity index (χ0n) is 8.53. The fourth-order valence-corrected chi connectivity index (χ4v) is 1.18. The molecular weight excluding hydrogens is 239 g/mol. The van der Waals surface area contributed by atoms with Crippen molar-refractivity contribution < 1.29 is 28.2 Å². The Morgan fingerprint density at radius 1 is 1.41 bits per heavy atom. The Morgan fingerprint density at radius 2 is 2.06 bits per heavy atom. The van der Waals surface area contributed by atoms with Crippen molar-refractivity contribution in [1.29, 1.82) is 0 Å². The second kappa shape index (κ2) is 5.53. The van der Waals surface area contributed by atoms with Gasteiger partial charge >= 0.3 is 5.97 Å². The lowest BCUT2D eigenvalue weighted by Crippen LogP contribution is -2.27. The number of nitrogens with one attached hydrogen (secondary N) is 1. The molecule has 94 valence electrons. The average molecular weight is 249 g/mol. The summed E-state index contributed by atoms with van der Waals surface area (Å²) in [5.74, 6) is -2.27. The van der Waals surface area contributed by atoms with E-state index in [2.05, 4.69) is 5.32 Å². The molecule has 0 aliphatic heterocycles. The predicted molar refractivity (Wildman–Crippen MR) is 53.9 cm³/mol. The van der Waals surface area contributed by atoms with Gasteiger partial charge in [0.05, 0.1) is 11.3 Å². The van der Waals surface area contributed by atoms with Gasteiger partial charge in [-0.25, -0.2) is 18.0 Å². The maximum atomic E-state index is 13.3. The number of carboxylic acids is 1. The molecule has 0 amide bonds. The van der Waals surface area contributed by atoms with Crippen LogP contribution in [0, 0.1) is 5.82 Å². The summed E-state index contributed by atoms with van der Waals surface area (Å²) in [5, 5.41) is 19.7. The van der Waals surface area contributed by atoms with Crippen molar-refractivity contribution in [2.24, 2.45) is 0 Å². The minimum Gasteiger partial charge on any atom is -0.478 e. The van der Waals surface area contributed by atoms with Gasteiger partial charge in [-0.05, 0) is 12.1 Å². The SMILES string of the molecule is O=C(O)c1cccc(F)c1NCC(O)C(F)F. The fraction of sp³-hybridized carbons (Fsp3) is 0.300. The highest BCUT2D eigenvalue weighted by molar-refractivity contribution is 5.94. The fourth-order valence-electron chi connectivity index (χ4n) is 1.18. The van der Waals surface area contributed by atoms with Crippen LogP contribution in [0.4, 0.5) is 18.9 Å². The standard InChI is InChI=1S/C10H10F3NO3/c11-6-3-1-2-5(10(16)17)8(6)14-4-7(15)9(12)13/h1-3,7,9,14-15H,4H2,(H,16,17). The van der Waals surface area contributed by atoms with Gasteiger partial charge in [0.2, 0.25) is 0 Å². The molecule has 0 radical (unpaired) electrons. The maximum Gasteiger partial charge on any atom is 0.337 e. The van der Waals surface area contributed by atoms with E-state index in [4.69, 9.17) is 10.2 Å². The molecule has 0 aliphatic carbocycles. The second-order valence-electron chi connectivity index (χ2n) is 3.25. The van der Waals surface area contributed by atoms with Crippen LogP contribution in [0.3, 0.4) is 0 Å². The largest absolute Gasteiger partial charge is 0.478 e. The third kappa shape index (κ3) is 3.35. The molecule has 4 nitrogen and oxygen atoms in total. The third-order valence-electron chi connectivity index (χ3n) is 2.02. The number of aliphatic hydroxyl groups excluding tert-OH is 1. The Hall–Kier alpha value is -1.76. The number of benzene rings is 1. The first-order chi connectivity index (χ1) is 7.93. The summed E-state index contributed by atoms with van der Waals surface area (Å²) in [5.41, 5.74) is -0.800. The van der Waals surface area contributed by atoms with Crippen molar-refractivity contribution in [3.05, 3.63) is 29.6 Å². The van der Waals surface area contributed by atoms with Crippen molar-refractivity contribution >= 4 is 11.7 Å². The number of anilines is 1. The van der Waals surface area contributed by atoms with Gasteiger partial charge in [-0.1, -0.05) is 6.07 Å². The normalized spacial score (nSPS) is 12.5. The average Bonchev–Trinajstić information content (AvgIpc) is 2.26. The van der Waals surface area contributed by atoms with E-state index in [0.717, 1.165) is 12.1 Å². The van der Waals surface area contributed by atoms with Crippen LogP contribution in [-0.2, 0) is 0 Å². The van der Waals surface area contributed by atoms with Crippen LogP contribution in [0.1, 0.15) is 10.4 Å². The molecule has 1 rings (SSSR count). The molecule has 0 saturated carbocycles. The Morgan fingerprint density at radius 3 is 2.59 bits per heavy atom. The van der Waals surface area contributed by atoms with Gasteiger partial charge in [0.15, 0.2) is 0 Å². The van der Waals surface area contributed by atoms with E-state index in [-0.39, 0.29) is 5.56 Å². The van der Waals surface area contributed by atoms with Gasteiger partial charge in [0, 0.05) is 6.54 Å². The summed E-state index contributed by atoms with van der Waals surface area (Å²) < 4.78 is 37.2. The van der Waals surface area contributed by atoms with E-state index in [1.807, 2.05) is 0 Å². The molecule has 7 heteroatoms. The Kier molecular flexibility index (Phi) is 4.33. The zero-order valence-corrected chi connectivity index (χ0v) is 8.53. The summed E-state index contributed by atoms with van der Waals surface area (Å²) in [7, 11) is 0. The molecule has 0 heterocycles. The van der Waals surface area contributed by atoms with Crippen molar-refractivity contribution in [1.82, 2.24) is 0 Å². The van der Waals surface area contributed by atoms with Crippen LogP contribution in [0.2, 0.25) is 0 Å².